The average molecular weight is 373 g/mol. The Bertz CT molecular complexity index is 757. The minimum atomic E-state index is -0.814. The fourth-order valence-corrected chi connectivity index (χ4v) is 4.03. The molecule has 0 spiro atoms. The van der Waals surface area contributed by atoms with Crippen LogP contribution in [0.5, 0.6) is 0 Å². The van der Waals surface area contributed by atoms with Crippen LogP contribution >= 0.6 is 11.3 Å². The van der Waals surface area contributed by atoms with Crippen LogP contribution in [-0.4, -0.2) is 47.2 Å². The maximum atomic E-state index is 12.3. The van der Waals surface area contributed by atoms with E-state index in [0.717, 1.165) is 29.0 Å². The van der Waals surface area contributed by atoms with Gasteiger partial charge in [-0.25, -0.2) is 4.79 Å². The Morgan fingerprint density at radius 1 is 1.23 bits per heavy atom. The molecule has 0 unspecified atom stereocenters. The molecule has 0 saturated heterocycles. The minimum absolute atomic E-state index is 0.0499. The van der Waals surface area contributed by atoms with Crippen LogP contribution in [-0.2, 0) is 4.79 Å². The van der Waals surface area contributed by atoms with Gasteiger partial charge in [0.15, 0.2) is 0 Å². The summed E-state index contributed by atoms with van der Waals surface area (Å²) in [5.74, 6) is -0.814. The molecule has 7 heteroatoms. The molecule has 26 heavy (non-hydrogen) atoms. The van der Waals surface area contributed by atoms with Gasteiger partial charge in [-0.15, -0.1) is 11.3 Å². The summed E-state index contributed by atoms with van der Waals surface area (Å²) in [4.78, 5) is 26.3. The number of amides is 2. The van der Waals surface area contributed by atoms with Crippen LogP contribution in [0.2, 0.25) is 0 Å². The van der Waals surface area contributed by atoms with E-state index in [-0.39, 0.29) is 24.7 Å². The Kier molecular flexibility index (Phi) is 5.90. The summed E-state index contributed by atoms with van der Waals surface area (Å²) in [6.07, 6.45) is 1.56. The molecule has 6 nitrogen and oxygen atoms in total. The van der Waals surface area contributed by atoms with Crippen molar-refractivity contribution in [1.29, 1.82) is 0 Å². The monoisotopic (exact) mass is 373 g/mol. The third-order valence-corrected chi connectivity index (χ3v) is 5.57. The van der Waals surface area contributed by atoms with Gasteiger partial charge >= 0.3 is 12.0 Å². The molecule has 1 aromatic heterocycles. The van der Waals surface area contributed by atoms with Crippen molar-refractivity contribution in [3.8, 4) is 10.4 Å². The number of carboxylic acid groups (broad SMARTS) is 1. The van der Waals surface area contributed by atoms with Crippen molar-refractivity contribution in [2.45, 2.75) is 31.8 Å². The van der Waals surface area contributed by atoms with E-state index in [1.807, 2.05) is 53.6 Å². The first kappa shape index (κ1) is 18.4. The first-order chi connectivity index (χ1) is 12.6. The summed E-state index contributed by atoms with van der Waals surface area (Å²) in [7, 11) is 0. The van der Waals surface area contributed by atoms with E-state index in [0.29, 0.717) is 6.54 Å². The molecule has 138 valence electrons. The van der Waals surface area contributed by atoms with Gasteiger partial charge in [0.2, 0.25) is 0 Å². The second-order valence-electron chi connectivity index (χ2n) is 6.40. The maximum Gasteiger partial charge on any atom is 0.319 e. The number of rotatable bonds is 7. The average Bonchev–Trinajstić information content (AvgIpc) is 3.10. The lowest BCUT2D eigenvalue weighted by atomic mass is 9.85. The lowest BCUT2D eigenvalue weighted by Crippen LogP contribution is -2.55. The van der Waals surface area contributed by atoms with E-state index in [4.69, 9.17) is 5.11 Å². The van der Waals surface area contributed by atoms with Gasteiger partial charge < -0.3 is 15.7 Å². The van der Waals surface area contributed by atoms with Crippen LogP contribution in [0.15, 0.2) is 41.8 Å². The van der Waals surface area contributed by atoms with Gasteiger partial charge in [-0.1, -0.05) is 31.2 Å². The SMILES string of the molecule is CCN(CC(=O)O)C1CC(NC(=O)Nc2ccccc2-c2cccs2)C1. The number of para-hydroxylation sites is 1. The number of carbonyl (C=O) groups is 2. The highest BCUT2D eigenvalue weighted by Crippen LogP contribution is 2.31. The molecule has 2 aromatic rings. The molecule has 3 N–H and O–H groups in total. The Labute approximate surface area is 156 Å². The molecule has 1 heterocycles. The molecule has 0 bridgehead atoms. The quantitative estimate of drug-likeness (QED) is 0.694. The van der Waals surface area contributed by atoms with E-state index in [1.54, 1.807) is 11.3 Å². The second kappa shape index (κ2) is 8.33. The molecular formula is C19H23N3O3S. The second-order valence-corrected chi connectivity index (χ2v) is 7.35. The number of nitrogens with one attached hydrogen (secondary N) is 2. The summed E-state index contributed by atoms with van der Waals surface area (Å²) in [5.41, 5.74) is 1.78. The van der Waals surface area contributed by atoms with Gasteiger partial charge in [-0.2, -0.15) is 0 Å². The first-order valence-electron chi connectivity index (χ1n) is 8.73. The van der Waals surface area contributed by atoms with Gasteiger partial charge in [0.1, 0.15) is 0 Å². The number of likely N-dealkylation sites (N-methyl/N-ethyl adjacent to an activating group) is 1. The zero-order chi connectivity index (χ0) is 18.5. The summed E-state index contributed by atoms with van der Waals surface area (Å²) in [6, 6.07) is 11.8. The van der Waals surface area contributed by atoms with E-state index in [9.17, 15) is 9.59 Å². The predicted molar refractivity (Wildman–Crippen MR) is 104 cm³/mol. The zero-order valence-electron chi connectivity index (χ0n) is 14.6. The number of thiophene rings is 1. The highest BCUT2D eigenvalue weighted by Gasteiger charge is 2.34. The number of urea groups is 1. The molecule has 1 aromatic carbocycles. The van der Waals surface area contributed by atoms with Gasteiger partial charge in [0.25, 0.3) is 0 Å². The van der Waals surface area contributed by atoms with Crippen LogP contribution in [0.25, 0.3) is 10.4 Å². The highest BCUT2D eigenvalue weighted by atomic mass is 32.1. The Morgan fingerprint density at radius 2 is 2.00 bits per heavy atom. The highest BCUT2D eigenvalue weighted by molar-refractivity contribution is 7.13. The molecule has 0 atom stereocenters. The zero-order valence-corrected chi connectivity index (χ0v) is 15.5. The van der Waals surface area contributed by atoms with E-state index < -0.39 is 5.97 Å². The molecule has 1 fully saturated rings. The number of benzene rings is 1. The van der Waals surface area contributed by atoms with Crippen LogP contribution in [0.4, 0.5) is 10.5 Å². The standard InChI is InChI=1S/C19H23N3O3S/c1-2-22(12-18(23)24)14-10-13(11-14)20-19(25)21-16-7-4-3-6-15(16)17-8-5-9-26-17/h3-9,13-14H,2,10-12H2,1H3,(H,23,24)(H2,20,21,25). The predicted octanol–water partition coefficient (Wildman–Crippen LogP) is 3.47. The van der Waals surface area contributed by atoms with Crippen LogP contribution in [0.3, 0.4) is 0 Å². The first-order valence-corrected chi connectivity index (χ1v) is 9.61. The number of carbonyl (C=O) groups excluding carboxylic acids is 1. The van der Waals surface area contributed by atoms with Crippen molar-refractivity contribution in [2.75, 3.05) is 18.4 Å². The van der Waals surface area contributed by atoms with Gasteiger partial charge in [0, 0.05) is 22.5 Å². The fourth-order valence-electron chi connectivity index (χ4n) is 3.26. The van der Waals surface area contributed by atoms with Crippen LogP contribution < -0.4 is 10.6 Å². The third-order valence-electron chi connectivity index (χ3n) is 4.67. The Balaban J connectivity index is 1.53. The molecule has 3 rings (SSSR count). The number of hydrogen-bond donors (Lipinski definition) is 3. The van der Waals surface area contributed by atoms with Crippen molar-refractivity contribution >= 4 is 29.0 Å². The molecule has 0 radical (unpaired) electrons. The van der Waals surface area contributed by atoms with Gasteiger partial charge in [0.05, 0.1) is 12.2 Å². The summed E-state index contributed by atoms with van der Waals surface area (Å²) in [6.45, 7) is 2.70. The Hall–Kier alpha value is -2.38. The van der Waals surface area contributed by atoms with Crippen molar-refractivity contribution in [1.82, 2.24) is 10.2 Å². The lowest BCUT2D eigenvalue weighted by molar-refractivity contribution is -0.139. The van der Waals surface area contributed by atoms with Gasteiger partial charge in [-0.3, -0.25) is 9.69 Å². The van der Waals surface area contributed by atoms with Crippen molar-refractivity contribution in [3.05, 3.63) is 41.8 Å². The normalized spacial score (nSPS) is 19.0. The lowest BCUT2D eigenvalue weighted by Gasteiger charge is -2.42. The van der Waals surface area contributed by atoms with E-state index >= 15 is 0 Å². The minimum Gasteiger partial charge on any atom is -0.480 e. The Morgan fingerprint density at radius 3 is 2.65 bits per heavy atom. The summed E-state index contributed by atoms with van der Waals surface area (Å²) >= 11 is 1.63. The van der Waals surface area contributed by atoms with Crippen molar-refractivity contribution in [2.24, 2.45) is 0 Å². The van der Waals surface area contributed by atoms with Crippen LogP contribution in [0, 0.1) is 0 Å². The van der Waals surface area contributed by atoms with E-state index in [1.165, 1.54) is 0 Å². The van der Waals surface area contributed by atoms with Crippen LogP contribution in [0.1, 0.15) is 19.8 Å². The number of carboxylic acids is 1. The summed E-state index contributed by atoms with van der Waals surface area (Å²) in [5, 5.41) is 16.9. The molecule has 1 aliphatic carbocycles. The molecule has 0 aliphatic heterocycles. The number of nitrogens with zero attached hydrogens (tertiary/aromatic N) is 1. The smallest absolute Gasteiger partial charge is 0.319 e. The summed E-state index contributed by atoms with van der Waals surface area (Å²) < 4.78 is 0. The topological polar surface area (TPSA) is 81.7 Å². The van der Waals surface area contributed by atoms with Gasteiger partial charge in [-0.05, 0) is 36.9 Å². The molecule has 1 saturated carbocycles. The van der Waals surface area contributed by atoms with Crippen molar-refractivity contribution < 1.29 is 14.7 Å². The fraction of sp³-hybridized carbons (Fsp3) is 0.368. The number of aliphatic carboxylic acids is 1. The molecule has 2 amide bonds. The largest absolute Gasteiger partial charge is 0.480 e. The van der Waals surface area contributed by atoms with E-state index in [2.05, 4.69) is 10.6 Å². The van der Waals surface area contributed by atoms with Crippen molar-refractivity contribution in [3.63, 3.8) is 0 Å². The maximum absolute atomic E-state index is 12.3. The third kappa shape index (κ3) is 4.42. The number of anilines is 1. The molecular weight excluding hydrogens is 350 g/mol. The number of hydrogen-bond acceptors (Lipinski definition) is 4. The molecule has 1 aliphatic rings.